The molecule has 28 heteroatoms. The highest BCUT2D eigenvalue weighted by atomic mass is 32.2. The third-order valence-corrected chi connectivity index (χ3v) is 21.1. The average molecular weight is 1610 g/mol. The molecule has 0 saturated carbocycles. The zero-order valence-corrected chi connectivity index (χ0v) is 69.7. The van der Waals surface area contributed by atoms with Gasteiger partial charge >= 0.3 is 0 Å². The molecule has 0 bridgehead atoms. The molecule has 6 aliphatic rings. The molecular weight excluding hydrogens is 1500 g/mol. The molecule has 6 aromatic rings. The van der Waals surface area contributed by atoms with E-state index in [4.69, 9.17) is 52.2 Å². The number of phenols is 1. The molecule has 0 aromatic heterocycles. The molecule has 114 heavy (non-hydrogen) atoms. The van der Waals surface area contributed by atoms with E-state index >= 15 is 0 Å². The number of methoxy groups -OCH3 is 3. The number of benzene rings is 6. The second-order valence-corrected chi connectivity index (χ2v) is 33.2. The van der Waals surface area contributed by atoms with Gasteiger partial charge in [0.25, 0.3) is 38.0 Å². The molecule has 26 nitrogen and oxygen atoms in total. The Bertz CT molecular complexity index is 4630. The number of carbonyl (C=O) groups is 3. The quantitative estimate of drug-likeness (QED) is 0.0290. The van der Waals surface area contributed by atoms with Crippen molar-refractivity contribution in [2.24, 2.45) is 15.0 Å². The molecule has 12 rings (SSSR count). The van der Waals surface area contributed by atoms with E-state index in [1.165, 1.54) is 41.0 Å². The van der Waals surface area contributed by atoms with Crippen molar-refractivity contribution in [3.05, 3.63) is 193 Å². The third kappa shape index (κ3) is 24.9. The number of allylic oxidation sites excluding steroid dienone is 3. The summed E-state index contributed by atoms with van der Waals surface area (Å²) in [5.41, 5.74) is 15.2. The number of hydrogen-bond acceptors (Lipinski definition) is 23. The molecule has 3 fully saturated rings. The van der Waals surface area contributed by atoms with Crippen molar-refractivity contribution in [2.75, 3.05) is 115 Å². The monoisotopic (exact) mass is 1610 g/mol. The summed E-state index contributed by atoms with van der Waals surface area (Å²) in [5, 5.41) is 28.0. The minimum Gasteiger partial charge on any atom is -0.504 e. The fourth-order valence-corrected chi connectivity index (χ4v) is 14.8. The van der Waals surface area contributed by atoms with E-state index in [2.05, 4.69) is 78.2 Å². The second kappa shape index (κ2) is 41.1. The van der Waals surface area contributed by atoms with Crippen LogP contribution in [0.1, 0.15) is 140 Å². The average Bonchev–Trinajstić information content (AvgIpc) is 1.62. The molecular formula is C86H111N9O17S2. The first-order chi connectivity index (χ1) is 54.4. The van der Waals surface area contributed by atoms with Gasteiger partial charge in [-0.1, -0.05) is 83.5 Å². The van der Waals surface area contributed by atoms with Crippen molar-refractivity contribution in [1.29, 1.82) is 0 Å². The Labute approximate surface area is 671 Å². The van der Waals surface area contributed by atoms with Crippen LogP contribution in [0.4, 0.5) is 17.1 Å². The first kappa shape index (κ1) is 88.3. The van der Waals surface area contributed by atoms with Crippen LogP contribution in [0.25, 0.3) is 0 Å². The van der Waals surface area contributed by atoms with Gasteiger partial charge in [-0.15, -0.1) is 0 Å². The Morgan fingerprint density at radius 2 is 0.702 bits per heavy atom. The molecule has 614 valence electrons. The van der Waals surface area contributed by atoms with Crippen LogP contribution in [-0.4, -0.2) is 231 Å². The highest BCUT2D eigenvalue weighted by Gasteiger charge is 2.38. The normalized spacial score (nSPS) is 17.8. The van der Waals surface area contributed by atoms with E-state index in [1.54, 1.807) is 61.7 Å². The van der Waals surface area contributed by atoms with E-state index in [0.717, 1.165) is 118 Å². The highest BCUT2D eigenvalue weighted by molar-refractivity contribution is 7.86. The van der Waals surface area contributed by atoms with E-state index in [9.17, 15) is 36.3 Å². The number of amides is 3. The summed E-state index contributed by atoms with van der Waals surface area (Å²) in [7, 11) is 9.78. The van der Waals surface area contributed by atoms with Gasteiger partial charge < -0.3 is 68.4 Å². The van der Waals surface area contributed by atoms with Crippen molar-refractivity contribution in [3.8, 4) is 34.5 Å². The number of fused-ring (bicyclic) bond motifs is 6. The number of hydrogen-bond donors (Lipinski definition) is 3. The number of aromatic hydroxyl groups is 1. The van der Waals surface area contributed by atoms with Gasteiger partial charge in [-0.3, -0.25) is 37.7 Å². The zero-order valence-electron chi connectivity index (χ0n) is 68.1. The lowest BCUT2D eigenvalue weighted by atomic mass is 10.0. The number of phenolic OH excluding ortho intramolecular Hbond substituents is 1. The van der Waals surface area contributed by atoms with Crippen LogP contribution in [-0.2, 0) is 87.5 Å². The maximum Gasteiger partial charge on any atom is 0.264 e. The lowest BCUT2D eigenvalue weighted by Crippen LogP contribution is -2.35. The maximum absolute atomic E-state index is 13.6. The Kier molecular flexibility index (Phi) is 31.8. The summed E-state index contributed by atoms with van der Waals surface area (Å²) >= 11 is 0. The van der Waals surface area contributed by atoms with E-state index in [0.29, 0.717) is 87.5 Å². The SMILES string of the molecule is C/C=C1\C[C@H]2C=Nc3cc(O)c(OC)cc3C(=O)N2C1.C/C=C1\C[C@H]2C=Nc3cc(OCc4cc(CCCN(C)C)cc(COc5cc6c(cc5OC)C(=O)N5C/C(=C/C)C[C@H]5C=N6)c4)c(OC)cc3C(=O)N2C1.CN(C)CCCc1cc(CO)cc(CO)c1.CN(C)CCCc1cc(COS(C)(=O)=O)cc(COS(C)(=O)=O)c1. The van der Waals surface area contributed by atoms with Crippen LogP contribution in [0, 0.1) is 0 Å². The number of aliphatic hydroxyl groups excluding tert-OH is 2. The summed E-state index contributed by atoms with van der Waals surface area (Å²) < 4.78 is 83.6. The molecule has 3 amide bonds. The molecule has 3 N–H and O–H groups in total. The summed E-state index contributed by atoms with van der Waals surface area (Å²) in [6.45, 7) is 11.2. The van der Waals surface area contributed by atoms with Gasteiger partial charge in [0, 0.05) is 56.5 Å². The lowest BCUT2D eigenvalue weighted by Gasteiger charge is -2.20. The first-order valence-electron chi connectivity index (χ1n) is 38.2. The number of aliphatic imine (C=N–C) groups is 3. The second-order valence-electron chi connectivity index (χ2n) is 29.9. The van der Waals surface area contributed by atoms with E-state index < -0.39 is 20.2 Å². The van der Waals surface area contributed by atoms with Gasteiger partial charge in [0.05, 0.1) is 112 Å². The lowest BCUT2D eigenvalue weighted by molar-refractivity contribution is 0.0769. The molecule has 0 spiro atoms. The summed E-state index contributed by atoms with van der Waals surface area (Å²) in [4.78, 5) is 65.6. The number of nitrogens with zero attached hydrogens (tertiary/aromatic N) is 9. The topological polar surface area (TPSA) is 301 Å². The van der Waals surface area contributed by atoms with Crippen molar-refractivity contribution in [2.45, 2.75) is 136 Å². The largest absolute Gasteiger partial charge is 0.504 e. The Morgan fingerprint density at radius 3 is 1.00 bits per heavy atom. The molecule has 3 saturated heterocycles. The van der Waals surface area contributed by atoms with E-state index in [1.807, 2.05) is 93.5 Å². The molecule has 0 unspecified atom stereocenters. The molecule has 6 heterocycles. The van der Waals surface area contributed by atoms with Crippen molar-refractivity contribution in [1.82, 2.24) is 29.4 Å². The van der Waals surface area contributed by atoms with Crippen LogP contribution < -0.4 is 23.7 Å². The number of aliphatic hydroxyl groups is 2. The first-order valence-corrected chi connectivity index (χ1v) is 41.8. The van der Waals surface area contributed by atoms with E-state index in [-0.39, 0.29) is 87.0 Å². The van der Waals surface area contributed by atoms with Crippen LogP contribution in [0.15, 0.2) is 141 Å². The van der Waals surface area contributed by atoms with Crippen molar-refractivity contribution in [3.63, 3.8) is 0 Å². The minimum atomic E-state index is -3.55. The van der Waals surface area contributed by atoms with Gasteiger partial charge in [0.15, 0.2) is 34.5 Å². The van der Waals surface area contributed by atoms with Gasteiger partial charge in [0.2, 0.25) is 0 Å². The Balaban J connectivity index is 0.000000203. The van der Waals surface area contributed by atoms with Gasteiger partial charge in [0.1, 0.15) is 13.2 Å². The molecule has 0 radical (unpaired) electrons. The smallest absolute Gasteiger partial charge is 0.264 e. The van der Waals surface area contributed by atoms with Crippen LogP contribution in [0.2, 0.25) is 0 Å². The maximum atomic E-state index is 13.6. The van der Waals surface area contributed by atoms with Gasteiger partial charge in [-0.05, 0) is 215 Å². The highest BCUT2D eigenvalue weighted by Crippen LogP contribution is 2.43. The summed E-state index contributed by atoms with van der Waals surface area (Å²) in [6.07, 6.45) is 21.8. The zero-order chi connectivity index (χ0) is 82.6. The predicted octanol–water partition coefficient (Wildman–Crippen LogP) is 11.7. The van der Waals surface area contributed by atoms with Crippen LogP contribution in [0.5, 0.6) is 34.5 Å². The molecule has 0 aliphatic carbocycles. The fraction of sp³-hybridized carbons (Fsp3) is 0.442. The third-order valence-electron chi connectivity index (χ3n) is 20.0. The number of ether oxygens (including phenoxy) is 5. The molecule has 3 atom stereocenters. The van der Waals surface area contributed by atoms with Crippen LogP contribution in [0.3, 0.4) is 0 Å². The number of rotatable bonds is 29. The summed E-state index contributed by atoms with van der Waals surface area (Å²) in [5.74, 6) is 2.08. The van der Waals surface area contributed by atoms with Crippen molar-refractivity contribution >= 4 is 73.7 Å². The molecule has 6 aliphatic heterocycles. The minimum absolute atomic E-state index is 0.00534. The predicted molar refractivity (Wildman–Crippen MR) is 444 cm³/mol. The fourth-order valence-electron chi connectivity index (χ4n) is 14.1. The number of aryl methyl sites for hydroxylation is 3. The van der Waals surface area contributed by atoms with Gasteiger partial charge in [-0.2, -0.15) is 16.8 Å². The van der Waals surface area contributed by atoms with Crippen molar-refractivity contribution < 1.29 is 78.6 Å². The number of carbonyl (C=O) groups excluding carboxylic acids is 3. The standard InChI is InChI=1S/C43H49N5O6.C15H16N2O3.C15H25NO6S2.C13H21NO2/c1-7-27-15-32-21-44-36-19-40(38(51-5)17-34(36)42(49)47(32)23-27)53-25-30-12-29(10-9-11-46(3)4)13-31(14-30)26-54-41-20-37-35(18-39(41)52-6)43(50)48-24-28(8-2)16-33(48)22-45-37;1-3-9-4-10-7-16-12-6-13(18)14(20-2)5-11(12)15(19)17(10)8-9;1-16(2)7-5-6-13-8-14(11-21-23(3,17)18)10-15(9-13)12-22-24(4,19)20;1-14(2)5-3-4-11-6-12(9-15)8-13(7-11)10-16/h7-8,12-14,17-22,32-33H,9-11,15-16,23-26H2,1-6H3;3,5-7,10,18H,4,8H2,1-2H3;8-10H,5-7,11-12H2,1-4H3;6-8,15-16H,3-5,9-10H2,1-2H3/b27-7+,28-8+;9-3+;;/t32-,33-;10-;;/m00../s1. The van der Waals surface area contributed by atoms with Gasteiger partial charge in [-0.25, -0.2) is 0 Å². The summed E-state index contributed by atoms with van der Waals surface area (Å²) in [6, 6.07) is 27.7. The molecule has 6 aromatic carbocycles. The van der Waals surface area contributed by atoms with Crippen LogP contribution >= 0.6 is 0 Å². The Hall–Kier alpha value is -9.62. The Morgan fingerprint density at radius 1 is 0.412 bits per heavy atom.